The molecule has 2 rings (SSSR count). The molecule has 92 valence electrons. The molecule has 3 heteroatoms. The van der Waals surface area contributed by atoms with Crippen LogP contribution >= 0.6 is 11.3 Å². The number of nitrogens with zero attached hydrogens (tertiary/aromatic N) is 1. The highest BCUT2D eigenvalue weighted by molar-refractivity contribution is 7.11. The summed E-state index contributed by atoms with van der Waals surface area (Å²) >= 11 is 1.90. The summed E-state index contributed by atoms with van der Waals surface area (Å²) in [6.07, 6.45) is 5.37. The quantitative estimate of drug-likeness (QED) is 0.860. The van der Waals surface area contributed by atoms with Gasteiger partial charge >= 0.3 is 0 Å². The second-order valence-electron chi connectivity index (χ2n) is 4.68. The third kappa shape index (κ3) is 3.72. The molecule has 0 fully saturated rings. The van der Waals surface area contributed by atoms with Gasteiger partial charge in [-0.15, -0.1) is 11.3 Å². The van der Waals surface area contributed by atoms with Crippen LogP contribution in [0.1, 0.15) is 22.2 Å². The number of thiophene rings is 1. The van der Waals surface area contributed by atoms with Gasteiger partial charge in [-0.3, -0.25) is 0 Å². The third-order valence-electron chi connectivity index (χ3n) is 2.85. The Bertz CT molecular complexity index is 470. The van der Waals surface area contributed by atoms with Gasteiger partial charge in [-0.25, -0.2) is 0 Å². The fourth-order valence-corrected chi connectivity index (χ4v) is 2.95. The number of hydrogen-bond donors (Lipinski definition) is 1. The summed E-state index contributed by atoms with van der Waals surface area (Å²) in [5, 5.41) is 3.56. The van der Waals surface area contributed by atoms with E-state index in [0.29, 0.717) is 6.04 Å². The molecular weight excluding hydrogens is 228 g/mol. The molecule has 2 nitrogen and oxygen atoms in total. The Labute approximate surface area is 107 Å². The second kappa shape index (κ2) is 5.52. The van der Waals surface area contributed by atoms with Crippen molar-refractivity contribution >= 4 is 11.3 Å². The van der Waals surface area contributed by atoms with Crippen LogP contribution in [-0.2, 0) is 20.0 Å². The van der Waals surface area contributed by atoms with Crippen LogP contribution in [0.2, 0.25) is 0 Å². The normalized spacial score (nSPS) is 12.9. The Morgan fingerprint density at radius 1 is 1.35 bits per heavy atom. The Hall–Kier alpha value is -1.06. The van der Waals surface area contributed by atoms with Gasteiger partial charge in [0.25, 0.3) is 0 Å². The van der Waals surface area contributed by atoms with Crippen molar-refractivity contribution in [2.75, 3.05) is 0 Å². The van der Waals surface area contributed by atoms with Crippen LogP contribution in [0.5, 0.6) is 0 Å². The number of aryl methyl sites for hydroxylation is 2. The van der Waals surface area contributed by atoms with E-state index in [9.17, 15) is 0 Å². The molecular formula is C14H20N2S. The van der Waals surface area contributed by atoms with Crippen molar-refractivity contribution in [2.45, 2.75) is 32.9 Å². The van der Waals surface area contributed by atoms with E-state index in [1.165, 1.54) is 15.3 Å². The summed E-state index contributed by atoms with van der Waals surface area (Å²) in [7, 11) is 2.06. The van der Waals surface area contributed by atoms with E-state index in [2.05, 4.69) is 61.4 Å². The molecule has 1 atom stereocenters. The lowest BCUT2D eigenvalue weighted by atomic mass is 10.2. The van der Waals surface area contributed by atoms with E-state index in [1.54, 1.807) is 0 Å². The molecule has 0 spiro atoms. The molecule has 2 heterocycles. The molecule has 0 saturated carbocycles. The zero-order chi connectivity index (χ0) is 12.3. The Balaban J connectivity index is 1.79. The number of aromatic nitrogens is 1. The Kier molecular flexibility index (Phi) is 4.02. The van der Waals surface area contributed by atoms with E-state index in [1.807, 2.05) is 11.3 Å². The smallest absolute Gasteiger partial charge is 0.0223 e. The molecule has 1 N–H and O–H groups in total. The van der Waals surface area contributed by atoms with Gasteiger partial charge in [0, 0.05) is 41.8 Å². The minimum Gasteiger partial charge on any atom is -0.357 e. The van der Waals surface area contributed by atoms with Crippen molar-refractivity contribution in [3.05, 3.63) is 45.9 Å². The lowest BCUT2D eigenvalue weighted by Gasteiger charge is -2.11. The first-order chi connectivity index (χ1) is 8.13. The van der Waals surface area contributed by atoms with Crippen LogP contribution in [0.4, 0.5) is 0 Å². The van der Waals surface area contributed by atoms with Gasteiger partial charge in [0.1, 0.15) is 0 Å². The topological polar surface area (TPSA) is 17.0 Å². The zero-order valence-electron chi connectivity index (χ0n) is 10.7. The van der Waals surface area contributed by atoms with Crippen LogP contribution in [0, 0.1) is 6.92 Å². The minimum absolute atomic E-state index is 0.522. The lowest BCUT2D eigenvalue weighted by Crippen LogP contribution is -2.27. The average molecular weight is 248 g/mol. The molecule has 0 saturated heterocycles. The van der Waals surface area contributed by atoms with Gasteiger partial charge < -0.3 is 9.88 Å². The van der Waals surface area contributed by atoms with Crippen molar-refractivity contribution < 1.29 is 0 Å². The van der Waals surface area contributed by atoms with E-state index < -0.39 is 0 Å². The minimum atomic E-state index is 0.522. The largest absolute Gasteiger partial charge is 0.357 e. The molecule has 2 aromatic rings. The molecule has 0 aromatic carbocycles. The van der Waals surface area contributed by atoms with Crippen LogP contribution in [0.15, 0.2) is 30.6 Å². The predicted octanol–water partition coefficient (Wildman–Crippen LogP) is 3.12. The Morgan fingerprint density at radius 2 is 2.18 bits per heavy atom. The van der Waals surface area contributed by atoms with Crippen molar-refractivity contribution in [3.63, 3.8) is 0 Å². The van der Waals surface area contributed by atoms with Crippen molar-refractivity contribution in [2.24, 2.45) is 7.05 Å². The average Bonchev–Trinajstić information content (AvgIpc) is 2.85. The molecule has 17 heavy (non-hydrogen) atoms. The van der Waals surface area contributed by atoms with E-state index in [-0.39, 0.29) is 0 Å². The molecule has 0 aliphatic rings. The number of hydrogen-bond acceptors (Lipinski definition) is 2. The summed E-state index contributed by atoms with van der Waals surface area (Å²) in [5.41, 5.74) is 1.35. The van der Waals surface area contributed by atoms with E-state index >= 15 is 0 Å². The van der Waals surface area contributed by atoms with Crippen molar-refractivity contribution in [1.82, 2.24) is 9.88 Å². The first-order valence-corrected chi connectivity index (χ1v) is 6.84. The van der Waals surface area contributed by atoms with Crippen LogP contribution in [0.25, 0.3) is 0 Å². The first-order valence-electron chi connectivity index (χ1n) is 6.03. The third-order valence-corrected chi connectivity index (χ3v) is 3.87. The number of rotatable bonds is 5. The number of nitrogens with one attached hydrogen (secondary N) is 1. The molecule has 0 aliphatic carbocycles. The van der Waals surface area contributed by atoms with Crippen LogP contribution < -0.4 is 5.32 Å². The molecule has 0 radical (unpaired) electrons. The lowest BCUT2D eigenvalue weighted by molar-refractivity contribution is 0.548. The summed E-state index contributed by atoms with van der Waals surface area (Å²) in [6.45, 7) is 5.36. The van der Waals surface area contributed by atoms with Crippen LogP contribution in [-0.4, -0.2) is 10.6 Å². The van der Waals surface area contributed by atoms with Gasteiger partial charge in [-0.05, 0) is 44.0 Å². The molecule has 1 unspecified atom stereocenters. The molecule has 0 amide bonds. The van der Waals surface area contributed by atoms with Crippen molar-refractivity contribution in [3.8, 4) is 0 Å². The highest BCUT2D eigenvalue weighted by Gasteiger charge is 2.05. The van der Waals surface area contributed by atoms with E-state index in [4.69, 9.17) is 0 Å². The predicted molar refractivity (Wildman–Crippen MR) is 74.5 cm³/mol. The fourth-order valence-electron chi connectivity index (χ4n) is 1.93. The highest BCUT2D eigenvalue weighted by Crippen LogP contribution is 2.16. The summed E-state index contributed by atoms with van der Waals surface area (Å²) in [6, 6.07) is 7.12. The second-order valence-corrected chi connectivity index (χ2v) is 6.06. The van der Waals surface area contributed by atoms with Gasteiger partial charge in [0.15, 0.2) is 0 Å². The molecule has 2 aromatic heterocycles. The van der Waals surface area contributed by atoms with Crippen molar-refractivity contribution in [1.29, 1.82) is 0 Å². The van der Waals surface area contributed by atoms with Gasteiger partial charge in [0.2, 0.25) is 0 Å². The molecule has 0 aliphatic heterocycles. The van der Waals surface area contributed by atoms with Crippen LogP contribution in [0.3, 0.4) is 0 Å². The molecule has 0 bridgehead atoms. The maximum Gasteiger partial charge on any atom is 0.0223 e. The van der Waals surface area contributed by atoms with Gasteiger partial charge in [0.05, 0.1) is 0 Å². The monoisotopic (exact) mass is 248 g/mol. The summed E-state index contributed by atoms with van der Waals surface area (Å²) in [5.74, 6) is 0. The Morgan fingerprint density at radius 3 is 2.76 bits per heavy atom. The van der Waals surface area contributed by atoms with E-state index in [0.717, 1.165) is 13.0 Å². The van der Waals surface area contributed by atoms with Gasteiger partial charge in [-0.2, -0.15) is 0 Å². The maximum absolute atomic E-state index is 3.56. The summed E-state index contributed by atoms with van der Waals surface area (Å²) in [4.78, 5) is 2.87. The zero-order valence-corrected chi connectivity index (χ0v) is 11.6. The highest BCUT2D eigenvalue weighted by atomic mass is 32.1. The summed E-state index contributed by atoms with van der Waals surface area (Å²) < 4.78 is 2.09. The van der Waals surface area contributed by atoms with Gasteiger partial charge in [-0.1, -0.05) is 0 Å². The SMILES string of the molecule is Cc1ccc(CC(C)NCc2ccn(C)c2)s1. The standard InChI is InChI=1S/C14H20N2S/c1-11(8-14-5-4-12(2)17-14)15-9-13-6-7-16(3)10-13/h4-7,10-11,15H,8-9H2,1-3H3. The first kappa shape index (κ1) is 12.4. The fraction of sp³-hybridized carbons (Fsp3) is 0.429. The maximum atomic E-state index is 3.56.